The second-order valence-electron chi connectivity index (χ2n) is 1.73. The van der Waals surface area contributed by atoms with E-state index in [9.17, 15) is 0 Å². The molecule has 0 heterocycles. The monoisotopic (exact) mass is 235 g/mol. The Bertz CT molecular complexity index is 156. The standard InChI is InChI=1S/C7H10IN/c1-6(2)4-5-7(8)9-3/h4-5H,1H2,2-3H3/b5-4-,9-7?. The van der Waals surface area contributed by atoms with E-state index in [1.807, 2.05) is 19.1 Å². The summed E-state index contributed by atoms with van der Waals surface area (Å²) in [5, 5.41) is 0. The molecule has 0 amide bonds. The summed E-state index contributed by atoms with van der Waals surface area (Å²) in [6.07, 6.45) is 3.87. The minimum atomic E-state index is 0.996. The molecule has 0 bridgehead atoms. The summed E-state index contributed by atoms with van der Waals surface area (Å²) in [5.41, 5.74) is 1.05. The molecule has 0 aliphatic carbocycles. The SMILES string of the molecule is C=C(C)/C=C\C(I)=NC. The molecule has 0 aromatic carbocycles. The summed E-state index contributed by atoms with van der Waals surface area (Å²) in [6, 6.07) is 0. The van der Waals surface area contributed by atoms with Crippen molar-refractivity contribution in [3.8, 4) is 0 Å². The summed E-state index contributed by atoms with van der Waals surface area (Å²) < 4.78 is 0.996. The molecule has 0 saturated carbocycles. The molecule has 0 spiro atoms. The molecule has 2 heteroatoms. The van der Waals surface area contributed by atoms with E-state index >= 15 is 0 Å². The molecule has 1 nitrogen and oxygen atoms in total. The zero-order valence-corrected chi connectivity index (χ0v) is 7.84. The summed E-state index contributed by atoms with van der Waals surface area (Å²) in [4.78, 5) is 3.94. The molecule has 0 aliphatic rings. The first kappa shape index (κ1) is 8.88. The molecule has 0 saturated heterocycles. The average molecular weight is 235 g/mol. The van der Waals surface area contributed by atoms with Gasteiger partial charge in [0.2, 0.25) is 0 Å². The first-order valence-corrected chi connectivity index (χ1v) is 3.70. The molecule has 0 aromatic rings. The molecule has 0 aromatic heterocycles. The molecule has 0 rings (SSSR count). The number of nitrogens with zero attached hydrogens (tertiary/aromatic N) is 1. The third-order valence-electron chi connectivity index (χ3n) is 0.719. The Morgan fingerprint density at radius 2 is 2.11 bits per heavy atom. The first-order valence-electron chi connectivity index (χ1n) is 2.62. The highest BCUT2D eigenvalue weighted by Gasteiger charge is 1.79. The van der Waals surface area contributed by atoms with E-state index in [0.717, 1.165) is 9.29 Å². The Hall–Kier alpha value is -0.120. The van der Waals surface area contributed by atoms with Gasteiger partial charge < -0.3 is 0 Å². The summed E-state index contributed by atoms with van der Waals surface area (Å²) in [7, 11) is 1.77. The van der Waals surface area contributed by atoms with E-state index in [1.165, 1.54) is 0 Å². The lowest BCUT2D eigenvalue weighted by atomic mass is 10.3. The second-order valence-corrected chi connectivity index (χ2v) is 2.83. The van der Waals surface area contributed by atoms with E-state index in [4.69, 9.17) is 0 Å². The van der Waals surface area contributed by atoms with E-state index in [1.54, 1.807) is 7.05 Å². The third-order valence-corrected chi connectivity index (χ3v) is 1.56. The molecule has 0 fully saturated rings. The van der Waals surface area contributed by atoms with Crippen LogP contribution in [0, 0.1) is 0 Å². The van der Waals surface area contributed by atoms with Crippen LogP contribution in [0.3, 0.4) is 0 Å². The summed E-state index contributed by atoms with van der Waals surface area (Å²) in [5.74, 6) is 0. The molecule has 0 radical (unpaired) electrons. The lowest BCUT2D eigenvalue weighted by molar-refractivity contribution is 1.47. The zero-order valence-electron chi connectivity index (χ0n) is 5.69. The van der Waals surface area contributed by atoms with Crippen molar-refractivity contribution >= 4 is 26.3 Å². The van der Waals surface area contributed by atoms with E-state index in [-0.39, 0.29) is 0 Å². The predicted molar refractivity (Wildman–Crippen MR) is 51.3 cm³/mol. The van der Waals surface area contributed by atoms with Crippen LogP contribution in [0.25, 0.3) is 0 Å². The predicted octanol–water partition coefficient (Wildman–Crippen LogP) is 2.58. The fraction of sp³-hybridized carbons (Fsp3) is 0.286. The van der Waals surface area contributed by atoms with E-state index in [0.29, 0.717) is 0 Å². The fourth-order valence-corrected chi connectivity index (χ4v) is 0.465. The Kier molecular flexibility index (Phi) is 4.67. The highest BCUT2D eigenvalue weighted by molar-refractivity contribution is 14.1. The maximum absolute atomic E-state index is 3.94. The minimum absolute atomic E-state index is 0.996. The van der Waals surface area contributed by atoms with Crippen LogP contribution in [0.1, 0.15) is 6.92 Å². The van der Waals surface area contributed by atoms with E-state index < -0.39 is 0 Å². The van der Waals surface area contributed by atoms with Crippen LogP contribution in [0.2, 0.25) is 0 Å². The van der Waals surface area contributed by atoms with Crippen molar-refractivity contribution < 1.29 is 0 Å². The van der Waals surface area contributed by atoms with Crippen molar-refractivity contribution in [2.24, 2.45) is 4.99 Å². The van der Waals surface area contributed by atoms with Crippen LogP contribution >= 0.6 is 22.6 Å². The van der Waals surface area contributed by atoms with Gasteiger partial charge >= 0.3 is 0 Å². The third kappa shape index (κ3) is 5.76. The van der Waals surface area contributed by atoms with Gasteiger partial charge in [0.25, 0.3) is 0 Å². The Labute approximate surface area is 69.7 Å². The Morgan fingerprint density at radius 3 is 2.44 bits per heavy atom. The molecule has 50 valence electrons. The largest absolute Gasteiger partial charge is 0.282 e. The normalized spacial score (nSPS) is 12.6. The number of aliphatic imine (C=N–C) groups is 1. The van der Waals surface area contributed by atoms with Gasteiger partial charge in [-0.25, -0.2) is 0 Å². The molecule has 0 aliphatic heterocycles. The van der Waals surface area contributed by atoms with Crippen molar-refractivity contribution in [3.05, 3.63) is 24.3 Å². The van der Waals surface area contributed by atoms with Crippen LogP contribution in [0.4, 0.5) is 0 Å². The van der Waals surface area contributed by atoms with Gasteiger partial charge in [0.05, 0.1) is 3.72 Å². The van der Waals surface area contributed by atoms with Crippen LogP contribution in [0.15, 0.2) is 29.3 Å². The number of hydrogen-bond acceptors (Lipinski definition) is 1. The number of allylic oxidation sites excluding steroid dienone is 3. The van der Waals surface area contributed by atoms with Crippen LogP contribution < -0.4 is 0 Å². The van der Waals surface area contributed by atoms with Gasteiger partial charge in [-0.1, -0.05) is 18.2 Å². The van der Waals surface area contributed by atoms with Gasteiger partial charge in [-0.2, -0.15) is 0 Å². The minimum Gasteiger partial charge on any atom is -0.282 e. The maximum atomic E-state index is 3.94. The number of rotatable bonds is 2. The van der Waals surface area contributed by atoms with Gasteiger partial charge in [-0.05, 0) is 35.6 Å². The number of hydrogen-bond donors (Lipinski definition) is 0. The van der Waals surface area contributed by atoms with Crippen LogP contribution in [-0.2, 0) is 0 Å². The lowest BCUT2D eigenvalue weighted by Gasteiger charge is -1.84. The average Bonchev–Trinajstić information content (AvgIpc) is 1.83. The second kappa shape index (κ2) is 4.73. The van der Waals surface area contributed by atoms with Crippen molar-refractivity contribution in [2.75, 3.05) is 7.05 Å². The van der Waals surface area contributed by atoms with Gasteiger partial charge in [-0.3, -0.25) is 4.99 Å². The van der Waals surface area contributed by atoms with Crippen molar-refractivity contribution in [2.45, 2.75) is 6.92 Å². The van der Waals surface area contributed by atoms with E-state index in [2.05, 4.69) is 34.2 Å². The van der Waals surface area contributed by atoms with Crippen molar-refractivity contribution in [1.29, 1.82) is 0 Å². The zero-order chi connectivity index (χ0) is 7.28. The molecular formula is C7H10IN. The van der Waals surface area contributed by atoms with Crippen LogP contribution in [-0.4, -0.2) is 10.8 Å². The van der Waals surface area contributed by atoms with Crippen LogP contribution in [0.5, 0.6) is 0 Å². The first-order chi connectivity index (χ1) is 4.16. The molecule has 9 heavy (non-hydrogen) atoms. The van der Waals surface area contributed by atoms with Crippen molar-refractivity contribution in [1.82, 2.24) is 0 Å². The lowest BCUT2D eigenvalue weighted by Crippen LogP contribution is -1.75. The topological polar surface area (TPSA) is 12.4 Å². The maximum Gasteiger partial charge on any atom is 0.0950 e. The van der Waals surface area contributed by atoms with Gasteiger partial charge in [0.1, 0.15) is 0 Å². The van der Waals surface area contributed by atoms with Gasteiger partial charge in [0, 0.05) is 7.05 Å². The van der Waals surface area contributed by atoms with Gasteiger partial charge in [-0.15, -0.1) is 0 Å². The molecule has 0 unspecified atom stereocenters. The molecule has 0 N–H and O–H groups in total. The Balaban J connectivity index is 3.86. The Morgan fingerprint density at radius 1 is 1.56 bits per heavy atom. The quantitative estimate of drug-likeness (QED) is 0.396. The highest BCUT2D eigenvalue weighted by Crippen LogP contribution is 1.95. The fourth-order valence-electron chi connectivity index (χ4n) is 0.286. The molecular weight excluding hydrogens is 225 g/mol. The summed E-state index contributed by atoms with van der Waals surface area (Å²) in [6.45, 7) is 5.67. The van der Waals surface area contributed by atoms with Gasteiger partial charge in [0.15, 0.2) is 0 Å². The molecule has 0 atom stereocenters. The van der Waals surface area contributed by atoms with Crippen molar-refractivity contribution in [3.63, 3.8) is 0 Å². The highest BCUT2D eigenvalue weighted by atomic mass is 127. The summed E-state index contributed by atoms with van der Waals surface area (Å²) >= 11 is 2.16. The smallest absolute Gasteiger partial charge is 0.0950 e. The number of halogens is 1.